The van der Waals surface area contributed by atoms with Crippen LogP contribution in [0.5, 0.6) is 0 Å². The summed E-state index contributed by atoms with van der Waals surface area (Å²) >= 11 is 8.57. The van der Waals surface area contributed by atoms with E-state index < -0.39 is 5.91 Å². The van der Waals surface area contributed by atoms with Gasteiger partial charge in [0.15, 0.2) is 0 Å². The van der Waals surface area contributed by atoms with Gasteiger partial charge in [0.25, 0.3) is 5.91 Å². The molecule has 110 valence electrons. The number of thiophene rings is 1. The fourth-order valence-electron chi connectivity index (χ4n) is 1.54. The lowest BCUT2D eigenvalue weighted by molar-refractivity contribution is -0.113. The van der Waals surface area contributed by atoms with Crippen LogP contribution in [-0.4, -0.2) is 17.6 Å². The molecule has 0 aliphatic carbocycles. The van der Waals surface area contributed by atoms with Crippen LogP contribution < -0.4 is 16.8 Å². The minimum Gasteiger partial charge on any atom is -0.399 e. The summed E-state index contributed by atoms with van der Waals surface area (Å²) in [5.41, 5.74) is 11.7. The molecule has 0 aliphatic heterocycles. The molecule has 0 bridgehead atoms. The molecule has 2 aromatic rings. The lowest BCUT2D eigenvalue weighted by atomic mass is 10.3. The number of hydrogen-bond acceptors (Lipinski definition) is 5. The number of anilines is 2. The van der Waals surface area contributed by atoms with E-state index in [0.29, 0.717) is 21.3 Å². The van der Waals surface area contributed by atoms with Gasteiger partial charge in [-0.15, -0.1) is 23.1 Å². The van der Waals surface area contributed by atoms with Gasteiger partial charge in [-0.3, -0.25) is 9.59 Å². The van der Waals surface area contributed by atoms with Gasteiger partial charge in [-0.1, -0.05) is 11.6 Å². The highest BCUT2D eigenvalue weighted by Gasteiger charge is 2.13. The van der Waals surface area contributed by atoms with Crippen molar-refractivity contribution in [3.8, 4) is 0 Å². The number of hydrogen-bond donors (Lipinski definition) is 3. The quantitative estimate of drug-likeness (QED) is 0.575. The van der Waals surface area contributed by atoms with E-state index in [1.165, 1.54) is 23.1 Å². The number of nitrogen functional groups attached to an aromatic ring is 1. The minimum atomic E-state index is -0.569. The number of nitrogens with two attached hydrogens (primary N) is 2. The molecule has 0 aliphatic rings. The summed E-state index contributed by atoms with van der Waals surface area (Å²) in [4.78, 5) is 23.8. The number of halogens is 1. The second-order valence-electron chi connectivity index (χ2n) is 4.05. The molecule has 0 spiro atoms. The second-order valence-corrected chi connectivity index (χ2v) is 6.39. The highest BCUT2D eigenvalue weighted by molar-refractivity contribution is 8.00. The van der Waals surface area contributed by atoms with Gasteiger partial charge >= 0.3 is 0 Å². The zero-order chi connectivity index (χ0) is 15.4. The first kappa shape index (κ1) is 15.7. The minimum absolute atomic E-state index is 0.166. The maximum Gasteiger partial charge on any atom is 0.251 e. The normalized spacial score (nSPS) is 10.3. The summed E-state index contributed by atoms with van der Waals surface area (Å²) in [6.45, 7) is 0. The number of primary amides is 1. The molecule has 0 saturated carbocycles. The van der Waals surface area contributed by atoms with E-state index in [1.807, 2.05) is 0 Å². The van der Waals surface area contributed by atoms with Gasteiger partial charge in [0.2, 0.25) is 5.91 Å². The van der Waals surface area contributed by atoms with E-state index >= 15 is 0 Å². The van der Waals surface area contributed by atoms with E-state index in [0.717, 1.165) is 4.90 Å². The molecule has 0 unspecified atom stereocenters. The third-order valence-corrected chi connectivity index (χ3v) is 4.83. The van der Waals surface area contributed by atoms with Crippen molar-refractivity contribution in [1.29, 1.82) is 0 Å². The number of nitrogens with one attached hydrogen (secondary N) is 1. The van der Waals surface area contributed by atoms with Crippen molar-refractivity contribution < 1.29 is 9.59 Å². The Morgan fingerprint density at radius 2 is 2.10 bits per heavy atom. The van der Waals surface area contributed by atoms with E-state index in [4.69, 9.17) is 23.1 Å². The van der Waals surface area contributed by atoms with Gasteiger partial charge in [0.1, 0.15) is 5.00 Å². The van der Waals surface area contributed by atoms with Gasteiger partial charge in [0, 0.05) is 10.6 Å². The Bertz CT molecular complexity index is 688. The fraction of sp³-hybridized carbons (Fsp3) is 0.0769. The molecule has 1 heterocycles. The first-order valence-corrected chi connectivity index (χ1v) is 8.06. The van der Waals surface area contributed by atoms with Crippen LogP contribution in [0.4, 0.5) is 10.7 Å². The van der Waals surface area contributed by atoms with Crippen molar-refractivity contribution in [1.82, 2.24) is 0 Å². The zero-order valence-corrected chi connectivity index (χ0v) is 13.1. The Morgan fingerprint density at radius 1 is 1.33 bits per heavy atom. The van der Waals surface area contributed by atoms with Crippen molar-refractivity contribution >= 4 is 57.2 Å². The van der Waals surface area contributed by atoms with Crippen LogP contribution in [0.15, 0.2) is 34.5 Å². The van der Waals surface area contributed by atoms with E-state index in [9.17, 15) is 9.59 Å². The van der Waals surface area contributed by atoms with Crippen LogP contribution in [-0.2, 0) is 4.79 Å². The Labute approximate surface area is 134 Å². The molecular formula is C13H12ClN3O2S2. The first-order valence-electron chi connectivity index (χ1n) is 5.82. The molecule has 8 heteroatoms. The van der Waals surface area contributed by atoms with Gasteiger partial charge in [-0.25, -0.2) is 0 Å². The van der Waals surface area contributed by atoms with Gasteiger partial charge in [-0.05, 0) is 29.6 Å². The van der Waals surface area contributed by atoms with Crippen molar-refractivity contribution in [2.24, 2.45) is 5.73 Å². The lowest BCUT2D eigenvalue weighted by Crippen LogP contribution is -2.17. The molecule has 5 N–H and O–H groups in total. The second kappa shape index (κ2) is 6.84. The SMILES string of the molecule is NC(=O)c1ccsc1NC(=O)CSc1ccc(N)cc1Cl. The molecule has 2 amide bonds. The lowest BCUT2D eigenvalue weighted by Gasteiger charge is -2.06. The maximum absolute atomic E-state index is 11.9. The van der Waals surface area contributed by atoms with Gasteiger partial charge in [0.05, 0.1) is 16.3 Å². The van der Waals surface area contributed by atoms with Crippen molar-refractivity contribution in [2.45, 2.75) is 4.90 Å². The van der Waals surface area contributed by atoms with Crippen LogP contribution in [0, 0.1) is 0 Å². The maximum atomic E-state index is 11.9. The average molecular weight is 342 g/mol. The van der Waals surface area contributed by atoms with Crippen molar-refractivity contribution in [3.05, 3.63) is 40.2 Å². The Kier molecular flexibility index (Phi) is 5.11. The molecule has 0 radical (unpaired) electrons. The highest BCUT2D eigenvalue weighted by atomic mass is 35.5. The van der Waals surface area contributed by atoms with Gasteiger partial charge < -0.3 is 16.8 Å². The largest absolute Gasteiger partial charge is 0.399 e. The van der Waals surface area contributed by atoms with Crippen LogP contribution in [0.3, 0.4) is 0 Å². The molecule has 0 atom stereocenters. The Morgan fingerprint density at radius 3 is 2.76 bits per heavy atom. The monoisotopic (exact) mass is 341 g/mol. The molecule has 2 rings (SSSR count). The summed E-state index contributed by atoms with van der Waals surface area (Å²) < 4.78 is 0. The standard InChI is InChI=1S/C13H12ClN3O2S2/c14-9-5-7(15)1-2-10(9)21-6-11(18)17-13-8(12(16)19)3-4-20-13/h1-5H,6,15H2,(H2,16,19)(H,17,18). The summed E-state index contributed by atoms with van der Waals surface area (Å²) in [6, 6.07) is 6.69. The number of amides is 2. The number of carbonyl (C=O) groups is 2. The number of benzene rings is 1. The summed E-state index contributed by atoms with van der Waals surface area (Å²) in [5, 5.41) is 5.31. The number of carbonyl (C=O) groups excluding carboxylic acids is 2. The average Bonchev–Trinajstić information content (AvgIpc) is 2.86. The Balaban J connectivity index is 1.96. The summed E-state index contributed by atoms with van der Waals surface area (Å²) in [5.74, 6) is -0.640. The molecule has 1 aromatic carbocycles. The summed E-state index contributed by atoms with van der Waals surface area (Å²) in [7, 11) is 0. The molecule has 21 heavy (non-hydrogen) atoms. The van der Waals surface area contributed by atoms with Crippen molar-refractivity contribution in [3.63, 3.8) is 0 Å². The third kappa shape index (κ3) is 4.13. The molecule has 5 nitrogen and oxygen atoms in total. The smallest absolute Gasteiger partial charge is 0.251 e. The van der Waals surface area contributed by atoms with Crippen molar-refractivity contribution in [2.75, 3.05) is 16.8 Å². The predicted octanol–water partition coefficient (Wildman–Crippen LogP) is 2.81. The van der Waals surface area contributed by atoms with Crippen LogP contribution >= 0.6 is 34.7 Å². The van der Waals surface area contributed by atoms with Gasteiger partial charge in [-0.2, -0.15) is 0 Å². The number of rotatable bonds is 5. The van der Waals surface area contributed by atoms with Crippen LogP contribution in [0.25, 0.3) is 0 Å². The molecule has 0 saturated heterocycles. The predicted molar refractivity (Wildman–Crippen MR) is 88.1 cm³/mol. The first-order chi connectivity index (χ1) is 9.97. The third-order valence-electron chi connectivity index (χ3n) is 2.50. The fourth-order valence-corrected chi connectivity index (χ4v) is 3.42. The highest BCUT2D eigenvalue weighted by Crippen LogP contribution is 2.29. The van der Waals surface area contributed by atoms with Crippen LogP contribution in [0.1, 0.15) is 10.4 Å². The van der Waals surface area contributed by atoms with Crippen LogP contribution in [0.2, 0.25) is 5.02 Å². The Hall–Kier alpha value is -1.70. The topological polar surface area (TPSA) is 98.2 Å². The molecule has 1 aromatic heterocycles. The van der Waals surface area contributed by atoms with E-state index in [1.54, 1.807) is 29.6 Å². The molecule has 0 fully saturated rings. The zero-order valence-electron chi connectivity index (χ0n) is 10.8. The molecular weight excluding hydrogens is 330 g/mol. The van der Waals surface area contributed by atoms with E-state index in [-0.39, 0.29) is 11.7 Å². The van der Waals surface area contributed by atoms with E-state index in [2.05, 4.69) is 5.32 Å². The summed E-state index contributed by atoms with van der Waals surface area (Å²) in [6.07, 6.45) is 0. The number of thioether (sulfide) groups is 1.